The maximum atomic E-state index is 12.9. The van der Waals surface area contributed by atoms with Crippen LogP contribution in [-0.2, 0) is 19.5 Å². The van der Waals surface area contributed by atoms with E-state index in [4.69, 9.17) is 0 Å². The maximum absolute atomic E-state index is 12.9. The van der Waals surface area contributed by atoms with Crippen LogP contribution >= 0.6 is 0 Å². The van der Waals surface area contributed by atoms with Crippen molar-refractivity contribution in [3.63, 3.8) is 0 Å². The number of aromatic amines is 1. The molecular weight excluding hydrogens is 340 g/mol. The van der Waals surface area contributed by atoms with Crippen molar-refractivity contribution in [1.29, 1.82) is 0 Å². The largest absolute Gasteiger partial charge is 0.306 e. The van der Waals surface area contributed by atoms with Crippen molar-refractivity contribution in [2.24, 2.45) is 0 Å². The molecule has 0 amide bonds. The number of rotatable bonds is 5. The summed E-state index contributed by atoms with van der Waals surface area (Å²) >= 11 is 0. The van der Waals surface area contributed by atoms with Crippen molar-refractivity contribution < 1.29 is 0 Å². The molecule has 0 fully saturated rings. The zero-order valence-corrected chi connectivity index (χ0v) is 15.1. The van der Waals surface area contributed by atoms with Gasteiger partial charge in [-0.25, -0.2) is 0 Å². The smallest absolute Gasteiger partial charge is 0.276 e. The molecule has 4 aromatic rings. The van der Waals surface area contributed by atoms with Gasteiger partial charge in [-0.3, -0.25) is 24.4 Å². The molecule has 0 radical (unpaired) electrons. The highest BCUT2D eigenvalue weighted by molar-refractivity contribution is 5.80. The normalized spacial score (nSPS) is 11.1. The van der Waals surface area contributed by atoms with Crippen molar-refractivity contribution in [1.82, 2.24) is 19.3 Å². The number of hydrogen-bond donors (Lipinski definition) is 1. The lowest BCUT2D eigenvalue weighted by atomic mass is 10.1. The molecule has 4 rings (SSSR count). The van der Waals surface area contributed by atoms with Crippen LogP contribution in [0.5, 0.6) is 0 Å². The lowest BCUT2D eigenvalue weighted by Gasteiger charge is -2.09. The molecule has 0 aliphatic heterocycles. The Morgan fingerprint density at radius 2 is 1.81 bits per heavy atom. The van der Waals surface area contributed by atoms with Crippen LogP contribution in [0.4, 0.5) is 0 Å². The number of nitrogens with zero attached hydrogens (tertiary/aromatic N) is 3. The molecule has 136 valence electrons. The van der Waals surface area contributed by atoms with Gasteiger partial charge in [0.1, 0.15) is 0 Å². The summed E-state index contributed by atoms with van der Waals surface area (Å²) in [5.74, 6) is 0. The molecular formula is C21H20N4O2. The van der Waals surface area contributed by atoms with Crippen molar-refractivity contribution in [2.75, 3.05) is 0 Å². The van der Waals surface area contributed by atoms with Crippen LogP contribution in [-0.4, -0.2) is 19.3 Å². The predicted octanol–water partition coefficient (Wildman–Crippen LogP) is 2.49. The summed E-state index contributed by atoms with van der Waals surface area (Å²) in [7, 11) is 0. The molecule has 3 heterocycles. The van der Waals surface area contributed by atoms with Crippen LogP contribution in [0, 0.1) is 6.92 Å². The fraction of sp³-hybridized carbons (Fsp3) is 0.190. The van der Waals surface area contributed by atoms with Gasteiger partial charge in [-0.1, -0.05) is 36.4 Å². The fourth-order valence-corrected chi connectivity index (χ4v) is 3.35. The standard InChI is InChI=1S/C21H20N4O2/c1-15-20-18(13-19(26)24(15)14-17-9-5-6-11-22-17)23-25(21(20)27)12-10-16-7-3-2-4-8-16/h2-9,11,13,23H,10,12,14H2,1H3. The number of aryl methyl sites for hydroxylation is 3. The molecule has 6 heteroatoms. The first kappa shape index (κ1) is 17.0. The fourth-order valence-electron chi connectivity index (χ4n) is 3.35. The molecule has 0 atom stereocenters. The molecule has 3 aromatic heterocycles. The summed E-state index contributed by atoms with van der Waals surface area (Å²) in [5, 5.41) is 3.64. The summed E-state index contributed by atoms with van der Waals surface area (Å²) in [5.41, 5.74) is 2.92. The van der Waals surface area contributed by atoms with Gasteiger partial charge in [0.2, 0.25) is 0 Å². The number of pyridine rings is 2. The molecule has 0 saturated heterocycles. The Bertz CT molecular complexity index is 1190. The van der Waals surface area contributed by atoms with Crippen molar-refractivity contribution in [3.05, 3.63) is 98.5 Å². The van der Waals surface area contributed by atoms with Crippen LogP contribution < -0.4 is 11.1 Å². The van der Waals surface area contributed by atoms with Gasteiger partial charge in [0.25, 0.3) is 11.1 Å². The molecule has 0 bridgehead atoms. The molecule has 0 aliphatic carbocycles. The number of hydrogen-bond acceptors (Lipinski definition) is 3. The van der Waals surface area contributed by atoms with Gasteiger partial charge in [-0.2, -0.15) is 0 Å². The van der Waals surface area contributed by atoms with Crippen molar-refractivity contribution >= 4 is 10.9 Å². The Morgan fingerprint density at radius 1 is 1.04 bits per heavy atom. The first-order valence-corrected chi connectivity index (χ1v) is 8.90. The topological polar surface area (TPSA) is 72.7 Å². The third kappa shape index (κ3) is 3.33. The first-order valence-electron chi connectivity index (χ1n) is 8.90. The number of nitrogens with one attached hydrogen (secondary N) is 1. The lowest BCUT2D eigenvalue weighted by molar-refractivity contribution is 0.603. The van der Waals surface area contributed by atoms with Crippen LogP contribution in [0.25, 0.3) is 10.9 Å². The average Bonchev–Trinajstić information content (AvgIpc) is 3.00. The van der Waals surface area contributed by atoms with E-state index in [0.717, 1.165) is 17.7 Å². The summed E-state index contributed by atoms with van der Waals surface area (Å²) < 4.78 is 3.18. The Balaban J connectivity index is 1.71. The van der Waals surface area contributed by atoms with Crippen LogP contribution in [0.15, 0.2) is 70.4 Å². The first-order chi connectivity index (χ1) is 13.1. The Kier molecular flexibility index (Phi) is 4.46. The van der Waals surface area contributed by atoms with E-state index in [2.05, 4.69) is 10.1 Å². The minimum Gasteiger partial charge on any atom is -0.306 e. The Labute approximate surface area is 155 Å². The number of H-pyrrole nitrogens is 1. The quantitative estimate of drug-likeness (QED) is 0.594. The maximum Gasteiger partial charge on any atom is 0.276 e. The van der Waals surface area contributed by atoms with Crippen LogP contribution in [0.1, 0.15) is 17.0 Å². The molecule has 6 nitrogen and oxygen atoms in total. The van der Waals surface area contributed by atoms with E-state index in [0.29, 0.717) is 29.7 Å². The number of fused-ring (bicyclic) bond motifs is 1. The minimum absolute atomic E-state index is 0.104. The van der Waals surface area contributed by atoms with E-state index in [1.54, 1.807) is 15.4 Å². The number of benzene rings is 1. The second-order valence-corrected chi connectivity index (χ2v) is 6.57. The molecule has 1 aromatic carbocycles. The molecule has 0 saturated carbocycles. The monoisotopic (exact) mass is 360 g/mol. The van der Waals surface area contributed by atoms with E-state index in [-0.39, 0.29) is 11.1 Å². The highest BCUT2D eigenvalue weighted by Gasteiger charge is 2.14. The predicted molar refractivity (Wildman–Crippen MR) is 105 cm³/mol. The zero-order chi connectivity index (χ0) is 18.8. The third-order valence-corrected chi connectivity index (χ3v) is 4.80. The van der Waals surface area contributed by atoms with E-state index in [9.17, 15) is 9.59 Å². The highest BCUT2D eigenvalue weighted by Crippen LogP contribution is 2.12. The average molecular weight is 360 g/mol. The number of aromatic nitrogens is 4. The Hall–Kier alpha value is -3.41. The second-order valence-electron chi connectivity index (χ2n) is 6.57. The van der Waals surface area contributed by atoms with Gasteiger partial charge in [-0.05, 0) is 31.0 Å². The van der Waals surface area contributed by atoms with Crippen LogP contribution in [0.2, 0.25) is 0 Å². The van der Waals surface area contributed by atoms with Gasteiger partial charge in [0, 0.05) is 24.5 Å². The van der Waals surface area contributed by atoms with Gasteiger partial charge in [-0.15, -0.1) is 0 Å². The summed E-state index contributed by atoms with van der Waals surface area (Å²) in [6.45, 7) is 2.69. The highest BCUT2D eigenvalue weighted by atomic mass is 16.1. The summed E-state index contributed by atoms with van der Waals surface area (Å²) in [4.78, 5) is 29.7. The third-order valence-electron chi connectivity index (χ3n) is 4.80. The van der Waals surface area contributed by atoms with Crippen LogP contribution in [0.3, 0.4) is 0 Å². The van der Waals surface area contributed by atoms with Gasteiger partial charge in [0.05, 0.1) is 23.1 Å². The van der Waals surface area contributed by atoms with E-state index in [1.165, 1.54) is 6.07 Å². The van der Waals surface area contributed by atoms with E-state index >= 15 is 0 Å². The molecule has 1 N–H and O–H groups in total. The molecule has 0 spiro atoms. The SMILES string of the molecule is Cc1c2c(=O)n(CCc3ccccc3)[nH]c2cc(=O)n1Cc1ccccn1. The van der Waals surface area contributed by atoms with Gasteiger partial charge < -0.3 is 4.57 Å². The minimum atomic E-state index is -0.151. The van der Waals surface area contributed by atoms with Crippen molar-refractivity contribution in [3.8, 4) is 0 Å². The van der Waals surface area contributed by atoms with E-state index < -0.39 is 0 Å². The molecule has 0 aliphatic rings. The van der Waals surface area contributed by atoms with E-state index in [1.807, 2.05) is 55.5 Å². The second kappa shape index (κ2) is 7.07. The Morgan fingerprint density at radius 3 is 2.56 bits per heavy atom. The van der Waals surface area contributed by atoms with Gasteiger partial charge in [0.15, 0.2) is 0 Å². The lowest BCUT2D eigenvalue weighted by Crippen LogP contribution is -2.24. The summed E-state index contributed by atoms with van der Waals surface area (Å²) in [6.07, 6.45) is 2.44. The van der Waals surface area contributed by atoms with Crippen molar-refractivity contribution in [2.45, 2.75) is 26.4 Å². The zero-order valence-electron chi connectivity index (χ0n) is 15.1. The molecule has 27 heavy (non-hydrogen) atoms. The molecule has 0 unspecified atom stereocenters. The summed E-state index contributed by atoms with van der Waals surface area (Å²) in [6, 6.07) is 17.1. The van der Waals surface area contributed by atoms with Gasteiger partial charge >= 0.3 is 0 Å².